The summed E-state index contributed by atoms with van der Waals surface area (Å²) in [6.45, 7) is 6.61. The molecule has 0 unspecified atom stereocenters. The Labute approximate surface area is 256 Å². The first-order chi connectivity index (χ1) is 20.8. The summed E-state index contributed by atoms with van der Waals surface area (Å²) in [6.07, 6.45) is 0.219. The van der Waals surface area contributed by atoms with Crippen molar-refractivity contribution in [2.75, 3.05) is 24.5 Å². The number of nitro groups is 1. The SMILES string of the molecule is CC[C@H](C(=O)NCC(C)C)N(Cc1ccc(F)cc1)C(=O)CN(c1ccc(OC)cc1)S(=O)(=O)c1ccc(C)c([N+](=O)[O-])c1. The third-order valence-electron chi connectivity index (χ3n) is 6.94. The second kappa shape index (κ2) is 14.8. The quantitative estimate of drug-likeness (QED) is 0.199. The predicted octanol–water partition coefficient (Wildman–Crippen LogP) is 4.83. The molecule has 0 saturated heterocycles. The maximum Gasteiger partial charge on any atom is 0.273 e. The third-order valence-corrected chi connectivity index (χ3v) is 8.71. The molecular weight excluding hydrogens is 591 g/mol. The fourth-order valence-corrected chi connectivity index (χ4v) is 5.91. The average molecular weight is 629 g/mol. The molecule has 0 aliphatic carbocycles. The molecule has 13 heteroatoms. The molecule has 2 amide bonds. The summed E-state index contributed by atoms with van der Waals surface area (Å²) in [5.41, 5.74) is 0.506. The molecule has 3 rings (SSSR count). The number of ether oxygens (including phenoxy) is 1. The van der Waals surface area contributed by atoms with Crippen LogP contribution in [0.2, 0.25) is 0 Å². The Morgan fingerprint density at radius 2 is 1.68 bits per heavy atom. The van der Waals surface area contributed by atoms with Crippen molar-refractivity contribution in [1.82, 2.24) is 10.2 Å². The van der Waals surface area contributed by atoms with Crippen LogP contribution in [0.25, 0.3) is 0 Å². The van der Waals surface area contributed by atoms with Crippen LogP contribution in [0.15, 0.2) is 71.6 Å². The molecule has 0 aliphatic heterocycles. The second-order valence-corrected chi connectivity index (χ2v) is 12.5. The smallest absolute Gasteiger partial charge is 0.273 e. The Morgan fingerprint density at radius 1 is 1.05 bits per heavy atom. The van der Waals surface area contributed by atoms with Crippen molar-refractivity contribution in [2.45, 2.75) is 51.6 Å². The minimum atomic E-state index is -4.54. The van der Waals surface area contributed by atoms with Gasteiger partial charge in [-0.15, -0.1) is 0 Å². The fraction of sp³-hybridized carbons (Fsp3) is 0.355. The lowest BCUT2D eigenvalue weighted by Gasteiger charge is -2.33. The molecule has 0 aromatic heterocycles. The highest BCUT2D eigenvalue weighted by Crippen LogP contribution is 2.29. The molecule has 3 aromatic carbocycles. The number of nitrogens with one attached hydrogen (secondary N) is 1. The highest BCUT2D eigenvalue weighted by molar-refractivity contribution is 7.92. The summed E-state index contributed by atoms with van der Waals surface area (Å²) in [5.74, 6) is -1.01. The lowest BCUT2D eigenvalue weighted by atomic mass is 10.1. The van der Waals surface area contributed by atoms with Crippen LogP contribution in [0.3, 0.4) is 0 Å². The lowest BCUT2D eigenvalue weighted by molar-refractivity contribution is -0.385. The molecule has 44 heavy (non-hydrogen) atoms. The zero-order valence-corrected chi connectivity index (χ0v) is 26.1. The van der Waals surface area contributed by atoms with Crippen molar-refractivity contribution in [3.05, 3.63) is 93.8 Å². The highest BCUT2D eigenvalue weighted by Gasteiger charge is 2.34. The molecule has 11 nitrogen and oxygen atoms in total. The number of aryl methyl sites for hydroxylation is 1. The van der Waals surface area contributed by atoms with Crippen LogP contribution >= 0.6 is 0 Å². The minimum absolute atomic E-state index is 0.0980. The van der Waals surface area contributed by atoms with Gasteiger partial charge in [0.05, 0.1) is 22.6 Å². The minimum Gasteiger partial charge on any atom is -0.497 e. The van der Waals surface area contributed by atoms with E-state index < -0.39 is 50.9 Å². The van der Waals surface area contributed by atoms with E-state index in [1.807, 2.05) is 13.8 Å². The van der Waals surface area contributed by atoms with Gasteiger partial charge in [0.2, 0.25) is 11.8 Å². The van der Waals surface area contributed by atoms with E-state index in [0.717, 1.165) is 10.4 Å². The number of anilines is 1. The molecule has 0 spiro atoms. The molecule has 236 valence electrons. The number of carbonyl (C=O) groups excluding carboxylic acids is 2. The Hall–Kier alpha value is -4.52. The number of nitro benzene ring substituents is 1. The zero-order valence-electron chi connectivity index (χ0n) is 25.3. The van der Waals surface area contributed by atoms with Crippen molar-refractivity contribution in [2.24, 2.45) is 5.92 Å². The second-order valence-electron chi connectivity index (χ2n) is 10.6. The van der Waals surface area contributed by atoms with Gasteiger partial charge in [0.25, 0.3) is 15.7 Å². The van der Waals surface area contributed by atoms with Gasteiger partial charge in [-0.25, -0.2) is 12.8 Å². The van der Waals surface area contributed by atoms with Crippen molar-refractivity contribution >= 4 is 33.2 Å². The average Bonchev–Trinajstić information content (AvgIpc) is 2.99. The van der Waals surface area contributed by atoms with Gasteiger partial charge in [-0.1, -0.05) is 39.0 Å². The van der Waals surface area contributed by atoms with Gasteiger partial charge < -0.3 is 15.0 Å². The monoisotopic (exact) mass is 628 g/mol. The summed E-state index contributed by atoms with van der Waals surface area (Å²) < 4.78 is 47.8. The molecule has 0 fully saturated rings. The predicted molar refractivity (Wildman–Crippen MR) is 164 cm³/mol. The van der Waals surface area contributed by atoms with E-state index in [0.29, 0.717) is 17.9 Å². The van der Waals surface area contributed by atoms with Crippen LogP contribution in [0.1, 0.15) is 38.3 Å². The van der Waals surface area contributed by atoms with Crippen LogP contribution < -0.4 is 14.4 Å². The first kappa shape index (κ1) is 34.0. The molecule has 0 saturated carbocycles. The molecule has 0 bridgehead atoms. The van der Waals surface area contributed by atoms with E-state index in [1.165, 1.54) is 79.6 Å². The molecular formula is C31H37FN4O7S. The molecule has 1 N–H and O–H groups in total. The Bertz CT molecular complexity index is 1580. The van der Waals surface area contributed by atoms with Gasteiger partial charge in [-0.05, 0) is 67.3 Å². The molecule has 1 atom stereocenters. The fourth-order valence-electron chi connectivity index (χ4n) is 4.48. The van der Waals surface area contributed by atoms with Crippen LogP contribution in [-0.2, 0) is 26.2 Å². The first-order valence-electron chi connectivity index (χ1n) is 14.0. The van der Waals surface area contributed by atoms with Gasteiger partial charge >= 0.3 is 0 Å². The van der Waals surface area contributed by atoms with Gasteiger partial charge in [-0.2, -0.15) is 0 Å². The number of rotatable bonds is 14. The van der Waals surface area contributed by atoms with E-state index in [4.69, 9.17) is 4.74 Å². The van der Waals surface area contributed by atoms with Crippen LogP contribution in [0, 0.1) is 28.8 Å². The number of methoxy groups -OCH3 is 1. The van der Waals surface area contributed by atoms with Gasteiger partial charge in [-0.3, -0.25) is 24.0 Å². The summed E-state index contributed by atoms with van der Waals surface area (Å²) in [5, 5.41) is 14.4. The maximum atomic E-state index is 14.1. The highest BCUT2D eigenvalue weighted by atomic mass is 32.2. The van der Waals surface area contributed by atoms with E-state index in [9.17, 15) is 32.5 Å². The topological polar surface area (TPSA) is 139 Å². The largest absolute Gasteiger partial charge is 0.497 e. The number of hydrogen-bond acceptors (Lipinski definition) is 7. The number of carbonyl (C=O) groups is 2. The van der Waals surface area contributed by atoms with Crippen molar-refractivity contribution in [1.29, 1.82) is 0 Å². The van der Waals surface area contributed by atoms with E-state index in [2.05, 4.69) is 5.32 Å². The number of sulfonamides is 1. The van der Waals surface area contributed by atoms with E-state index in [1.54, 1.807) is 6.92 Å². The number of halogens is 1. The molecule has 3 aromatic rings. The normalized spacial score (nSPS) is 12.0. The third kappa shape index (κ3) is 8.31. The zero-order chi connectivity index (χ0) is 32.6. The van der Waals surface area contributed by atoms with E-state index in [-0.39, 0.29) is 35.0 Å². The van der Waals surface area contributed by atoms with Crippen LogP contribution in [0.5, 0.6) is 5.75 Å². The number of nitrogens with zero attached hydrogens (tertiary/aromatic N) is 3. The summed E-state index contributed by atoms with van der Waals surface area (Å²) >= 11 is 0. The maximum absolute atomic E-state index is 14.1. The molecule has 0 radical (unpaired) electrons. The van der Waals surface area contributed by atoms with Gasteiger partial charge in [0.1, 0.15) is 24.2 Å². The number of amides is 2. The Balaban J connectivity index is 2.10. The Kier molecular flexibility index (Phi) is 11.4. The molecule has 0 heterocycles. The summed E-state index contributed by atoms with van der Waals surface area (Å²) in [6, 6.07) is 13.9. The van der Waals surface area contributed by atoms with Crippen molar-refractivity contribution in [3.8, 4) is 5.75 Å². The van der Waals surface area contributed by atoms with Crippen molar-refractivity contribution < 1.29 is 32.1 Å². The standard InChI is InChI=1S/C31H37FN4O7S/c1-6-28(31(38)33-18-21(2)3)34(19-23-8-10-24(32)11-9-23)30(37)20-35(25-12-14-26(43-5)15-13-25)44(41,42)27-16-7-22(4)29(17-27)36(39)40/h7-17,21,28H,6,18-20H2,1-5H3,(H,33,38)/t28-/m1/s1. The lowest BCUT2D eigenvalue weighted by Crippen LogP contribution is -2.52. The van der Waals surface area contributed by atoms with Gasteiger partial charge in [0.15, 0.2) is 0 Å². The van der Waals surface area contributed by atoms with Crippen LogP contribution in [0.4, 0.5) is 15.8 Å². The first-order valence-corrected chi connectivity index (χ1v) is 15.5. The number of hydrogen-bond donors (Lipinski definition) is 1. The Morgan fingerprint density at radius 3 is 2.23 bits per heavy atom. The van der Waals surface area contributed by atoms with Crippen LogP contribution in [-0.4, -0.2) is 56.3 Å². The summed E-state index contributed by atoms with van der Waals surface area (Å²) in [7, 11) is -3.09. The molecule has 0 aliphatic rings. The van der Waals surface area contributed by atoms with Gasteiger partial charge in [0, 0.05) is 24.7 Å². The number of benzene rings is 3. The van der Waals surface area contributed by atoms with E-state index >= 15 is 0 Å². The van der Waals surface area contributed by atoms with Crippen molar-refractivity contribution in [3.63, 3.8) is 0 Å². The summed E-state index contributed by atoms with van der Waals surface area (Å²) in [4.78, 5) is 39.2.